The van der Waals surface area contributed by atoms with Crippen molar-refractivity contribution in [1.82, 2.24) is 15.6 Å². The van der Waals surface area contributed by atoms with Crippen LogP contribution in [0.1, 0.15) is 55.4 Å². The van der Waals surface area contributed by atoms with Crippen molar-refractivity contribution in [2.24, 2.45) is 17.6 Å². The van der Waals surface area contributed by atoms with E-state index in [4.69, 9.17) is 5.73 Å². The second-order valence-corrected chi connectivity index (χ2v) is 7.61. The Balaban J connectivity index is 1.96. The van der Waals surface area contributed by atoms with E-state index in [1.54, 1.807) is 0 Å². The molecule has 0 spiro atoms. The summed E-state index contributed by atoms with van der Waals surface area (Å²) in [5.41, 5.74) is 5.02. The molecule has 2 unspecified atom stereocenters. The first-order chi connectivity index (χ1) is 14.8. The highest BCUT2D eigenvalue weighted by molar-refractivity contribution is 6.01. The molecule has 0 aliphatic heterocycles. The standard InChI is InChI=1S/C21H27FN4O5/c22-16-8-4-7-15(25-16)21(31)24-10-9-18(29)26-19(13-5-2-1-3-6-13)20(30)14(12-27)11-17(23)28/h4,7-8,12-14,19H,1-3,5-6,9-11H2,(H2,23,28)(H,24,31)(H,26,29). The predicted molar refractivity (Wildman–Crippen MR) is 108 cm³/mol. The van der Waals surface area contributed by atoms with Crippen molar-refractivity contribution in [3.05, 3.63) is 29.8 Å². The smallest absolute Gasteiger partial charge is 0.270 e. The fraction of sp³-hybridized carbons (Fsp3) is 0.524. The number of carbonyl (C=O) groups is 5. The van der Waals surface area contributed by atoms with Gasteiger partial charge in [0.05, 0.1) is 12.0 Å². The monoisotopic (exact) mass is 434 g/mol. The Bertz CT molecular complexity index is 826. The van der Waals surface area contributed by atoms with Crippen LogP contribution in [0.25, 0.3) is 0 Å². The number of amides is 3. The maximum absolute atomic E-state index is 13.1. The summed E-state index contributed by atoms with van der Waals surface area (Å²) in [6.07, 6.45) is 4.15. The highest BCUT2D eigenvalue weighted by Gasteiger charge is 2.35. The number of ketones is 1. The lowest BCUT2D eigenvalue weighted by Gasteiger charge is -2.31. The number of aromatic nitrogens is 1. The number of halogens is 1. The molecule has 168 valence electrons. The predicted octanol–water partition coefficient (Wildman–Crippen LogP) is 0.665. The fourth-order valence-corrected chi connectivity index (χ4v) is 3.71. The average molecular weight is 434 g/mol. The molecule has 1 heterocycles. The maximum atomic E-state index is 13.1. The van der Waals surface area contributed by atoms with Gasteiger partial charge in [-0.25, -0.2) is 4.98 Å². The first-order valence-electron chi connectivity index (χ1n) is 10.3. The van der Waals surface area contributed by atoms with Crippen LogP contribution >= 0.6 is 0 Å². The van der Waals surface area contributed by atoms with Gasteiger partial charge in [-0.05, 0) is 30.9 Å². The van der Waals surface area contributed by atoms with Crippen molar-refractivity contribution >= 4 is 29.8 Å². The molecular weight excluding hydrogens is 407 g/mol. The van der Waals surface area contributed by atoms with Gasteiger partial charge in [0.1, 0.15) is 12.0 Å². The average Bonchev–Trinajstić information content (AvgIpc) is 2.75. The summed E-state index contributed by atoms with van der Waals surface area (Å²) in [5, 5.41) is 5.14. The Kier molecular flexibility index (Phi) is 9.23. The van der Waals surface area contributed by atoms with E-state index in [9.17, 15) is 28.4 Å². The van der Waals surface area contributed by atoms with Crippen LogP contribution < -0.4 is 16.4 Å². The van der Waals surface area contributed by atoms with Gasteiger partial charge in [0.25, 0.3) is 5.91 Å². The fourth-order valence-electron chi connectivity index (χ4n) is 3.71. The zero-order valence-electron chi connectivity index (χ0n) is 17.1. The van der Waals surface area contributed by atoms with E-state index in [0.717, 1.165) is 38.2 Å². The molecule has 9 nitrogen and oxygen atoms in total. The summed E-state index contributed by atoms with van der Waals surface area (Å²) >= 11 is 0. The van der Waals surface area contributed by atoms with Gasteiger partial charge in [0, 0.05) is 19.4 Å². The normalized spacial score (nSPS) is 16.0. The lowest BCUT2D eigenvalue weighted by Crippen LogP contribution is -2.50. The molecule has 0 bridgehead atoms. The number of hydrogen-bond acceptors (Lipinski definition) is 6. The van der Waals surface area contributed by atoms with Crippen LogP contribution in [0.4, 0.5) is 4.39 Å². The SMILES string of the molecule is NC(=O)CC(C=O)C(=O)C(NC(=O)CCNC(=O)c1cccc(F)n1)C1CCCCC1. The number of hydrogen-bond donors (Lipinski definition) is 3. The lowest BCUT2D eigenvalue weighted by atomic mass is 9.79. The van der Waals surface area contributed by atoms with Crippen molar-refractivity contribution in [3.63, 3.8) is 0 Å². The maximum Gasteiger partial charge on any atom is 0.270 e. The van der Waals surface area contributed by atoms with Gasteiger partial charge in [-0.1, -0.05) is 25.3 Å². The number of rotatable bonds is 11. The van der Waals surface area contributed by atoms with Crippen LogP contribution in [-0.2, 0) is 19.2 Å². The van der Waals surface area contributed by atoms with Gasteiger partial charge in [0.2, 0.25) is 17.8 Å². The molecular formula is C21H27FN4O5. The third kappa shape index (κ3) is 7.54. The highest BCUT2D eigenvalue weighted by Crippen LogP contribution is 2.28. The third-order valence-electron chi connectivity index (χ3n) is 5.28. The molecule has 3 amide bonds. The number of pyridine rings is 1. The summed E-state index contributed by atoms with van der Waals surface area (Å²) in [6, 6.07) is 2.90. The number of nitrogens with zero attached hydrogens (tertiary/aromatic N) is 1. The van der Waals surface area contributed by atoms with Gasteiger partial charge in [0.15, 0.2) is 5.78 Å². The minimum atomic E-state index is -1.21. The Morgan fingerprint density at radius 1 is 1.19 bits per heavy atom. The van der Waals surface area contributed by atoms with E-state index in [1.807, 2.05) is 0 Å². The molecule has 2 atom stereocenters. The van der Waals surface area contributed by atoms with Crippen molar-refractivity contribution in [2.75, 3.05) is 6.54 Å². The third-order valence-corrected chi connectivity index (χ3v) is 5.28. The van der Waals surface area contributed by atoms with Gasteiger partial charge in [-0.2, -0.15) is 4.39 Å². The van der Waals surface area contributed by atoms with E-state index < -0.39 is 47.8 Å². The Labute approximate surface area is 179 Å². The molecule has 0 radical (unpaired) electrons. The molecule has 1 saturated carbocycles. The van der Waals surface area contributed by atoms with Crippen molar-refractivity contribution in [1.29, 1.82) is 0 Å². The zero-order valence-corrected chi connectivity index (χ0v) is 17.1. The van der Waals surface area contributed by atoms with E-state index in [1.165, 1.54) is 12.1 Å². The van der Waals surface area contributed by atoms with Crippen LogP contribution in [0.2, 0.25) is 0 Å². The van der Waals surface area contributed by atoms with E-state index >= 15 is 0 Å². The largest absolute Gasteiger partial charge is 0.370 e. The number of primary amides is 1. The summed E-state index contributed by atoms with van der Waals surface area (Å²) in [4.78, 5) is 63.3. The first kappa shape index (κ1) is 24.1. The molecule has 0 aromatic carbocycles. The van der Waals surface area contributed by atoms with Crippen molar-refractivity contribution in [2.45, 2.75) is 51.0 Å². The quantitative estimate of drug-likeness (QED) is 0.265. The van der Waals surface area contributed by atoms with Gasteiger partial charge < -0.3 is 21.2 Å². The Morgan fingerprint density at radius 2 is 1.90 bits per heavy atom. The van der Waals surface area contributed by atoms with Crippen LogP contribution in [0.5, 0.6) is 0 Å². The molecule has 10 heteroatoms. The van der Waals surface area contributed by atoms with Crippen LogP contribution in [0, 0.1) is 17.8 Å². The molecule has 0 saturated heterocycles. The number of nitrogens with one attached hydrogen (secondary N) is 2. The molecule has 1 fully saturated rings. The Hall–Kier alpha value is -3.17. The molecule has 1 aliphatic rings. The van der Waals surface area contributed by atoms with Crippen LogP contribution in [0.15, 0.2) is 18.2 Å². The summed E-state index contributed by atoms with van der Waals surface area (Å²) < 4.78 is 13.1. The summed E-state index contributed by atoms with van der Waals surface area (Å²) in [6.45, 7) is -0.0488. The van der Waals surface area contributed by atoms with E-state index in [2.05, 4.69) is 15.6 Å². The van der Waals surface area contributed by atoms with Gasteiger partial charge in [-0.3, -0.25) is 19.2 Å². The Morgan fingerprint density at radius 3 is 2.52 bits per heavy atom. The van der Waals surface area contributed by atoms with Crippen molar-refractivity contribution < 1.29 is 28.4 Å². The van der Waals surface area contributed by atoms with E-state index in [0.29, 0.717) is 6.29 Å². The number of aldehydes is 1. The van der Waals surface area contributed by atoms with E-state index in [-0.39, 0.29) is 24.6 Å². The lowest BCUT2D eigenvalue weighted by molar-refractivity contribution is -0.136. The molecule has 1 aliphatic carbocycles. The first-order valence-corrected chi connectivity index (χ1v) is 10.3. The van der Waals surface area contributed by atoms with Gasteiger partial charge in [-0.15, -0.1) is 0 Å². The number of carbonyl (C=O) groups excluding carboxylic acids is 5. The molecule has 1 aromatic heterocycles. The molecule has 1 aromatic rings. The number of Topliss-reactive ketones (excluding diaryl/α,β-unsaturated/α-hetero) is 1. The van der Waals surface area contributed by atoms with Crippen molar-refractivity contribution in [3.8, 4) is 0 Å². The molecule has 31 heavy (non-hydrogen) atoms. The zero-order chi connectivity index (χ0) is 22.8. The molecule has 4 N–H and O–H groups in total. The summed E-state index contributed by atoms with van der Waals surface area (Å²) in [5.74, 6) is -4.54. The number of nitrogens with two attached hydrogens (primary N) is 1. The highest BCUT2D eigenvalue weighted by atomic mass is 19.1. The van der Waals surface area contributed by atoms with Gasteiger partial charge >= 0.3 is 0 Å². The van der Waals surface area contributed by atoms with Crippen LogP contribution in [-0.4, -0.2) is 47.4 Å². The second kappa shape index (κ2) is 11.9. The topological polar surface area (TPSA) is 148 Å². The second-order valence-electron chi connectivity index (χ2n) is 7.61. The molecule has 2 rings (SSSR count). The minimum Gasteiger partial charge on any atom is -0.370 e. The summed E-state index contributed by atoms with van der Waals surface area (Å²) in [7, 11) is 0. The minimum absolute atomic E-state index is 0.0488. The van der Waals surface area contributed by atoms with Crippen LogP contribution in [0.3, 0.4) is 0 Å².